The van der Waals surface area contributed by atoms with Gasteiger partial charge < -0.3 is 19.7 Å². The van der Waals surface area contributed by atoms with Gasteiger partial charge in [0.2, 0.25) is 5.88 Å². The molecule has 2 rings (SSSR count). The number of aliphatic hydroxyl groups excluding tert-OH is 1. The number of nitrogens with zero attached hydrogens (tertiary/aromatic N) is 2. The van der Waals surface area contributed by atoms with Gasteiger partial charge in [0.05, 0.1) is 14.2 Å². The van der Waals surface area contributed by atoms with E-state index in [1.807, 2.05) is 6.07 Å². The van der Waals surface area contributed by atoms with Crippen LogP contribution in [0.25, 0.3) is 0 Å². The number of aromatic nitrogens is 2. The lowest BCUT2D eigenvalue weighted by Gasteiger charge is -2.12. The normalized spacial score (nSPS) is 11.1. The molecule has 0 amide bonds. The number of aromatic amines is 1. The molecule has 1 aromatic carbocycles. The summed E-state index contributed by atoms with van der Waals surface area (Å²) >= 11 is 0. The Morgan fingerprint density at radius 2 is 1.96 bits per heavy atom. The first kappa shape index (κ1) is 20.2. The van der Waals surface area contributed by atoms with E-state index >= 15 is 0 Å². The molecule has 9 nitrogen and oxygen atoms in total. The third-order valence-electron chi connectivity index (χ3n) is 3.94. The summed E-state index contributed by atoms with van der Waals surface area (Å²) < 4.78 is 11.5. The summed E-state index contributed by atoms with van der Waals surface area (Å²) in [5.41, 5.74) is -0.652. The summed E-state index contributed by atoms with van der Waals surface area (Å²) in [6.07, 6.45) is 2.06. The Hall–Kier alpha value is -3.07. The van der Waals surface area contributed by atoms with Gasteiger partial charge in [0.15, 0.2) is 11.5 Å². The third-order valence-corrected chi connectivity index (χ3v) is 3.94. The molecule has 3 N–H and O–H groups in total. The number of aromatic hydroxyl groups is 1. The highest BCUT2D eigenvalue weighted by atomic mass is 16.5. The van der Waals surface area contributed by atoms with Crippen LogP contribution in [0.2, 0.25) is 0 Å². The summed E-state index contributed by atoms with van der Waals surface area (Å²) in [6.45, 7) is 0.430. The predicted octanol–water partition coefficient (Wildman–Crippen LogP) is 0.303. The Morgan fingerprint density at radius 1 is 1.22 bits per heavy atom. The van der Waals surface area contributed by atoms with E-state index in [-0.39, 0.29) is 18.7 Å². The Kier molecular flexibility index (Phi) is 7.18. The second-order valence-corrected chi connectivity index (χ2v) is 5.70. The highest BCUT2D eigenvalue weighted by Crippen LogP contribution is 2.27. The van der Waals surface area contributed by atoms with Crippen molar-refractivity contribution in [3.63, 3.8) is 0 Å². The lowest BCUT2D eigenvalue weighted by atomic mass is 10.1. The molecule has 9 heteroatoms. The molecule has 0 aliphatic heterocycles. The average Bonchev–Trinajstić information content (AvgIpc) is 2.66. The molecule has 0 saturated carbocycles. The second-order valence-electron chi connectivity index (χ2n) is 5.70. The smallest absolute Gasteiger partial charge is 0.331 e. The lowest BCUT2D eigenvalue weighted by molar-refractivity contribution is 0.291. The maximum absolute atomic E-state index is 12.1. The van der Waals surface area contributed by atoms with Crippen LogP contribution in [-0.4, -0.2) is 53.3 Å². The SMILES string of the molecule is COc1ccc(CCn2c(O)c(C=NCCCO)c(=O)[nH]c2=O)cc1OC. The van der Waals surface area contributed by atoms with Crippen molar-refractivity contribution in [2.45, 2.75) is 19.4 Å². The first-order chi connectivity index (χ1) is 13.0. The zero-order chi connectivity index (χ0) is 19.8. The molecule has 146 valence electrons. The molecule has 0 bridgehead atoms. The number of rotatable bonds is 9. The molecular formula is C18H23N3O6. The highest BCUT2D eigenvalue weighted by molar-refractivity contribution is 5.81. The van der Waals surface area contributed by atoms with E-state index in [9.17, 15) is 14.7 Å². The van der Waals surface area contributed by atoms with Crippen LogP contribution >= 0.6 is 0 Å². The van der Waals surface area contributed by atoms with Gasteiger partial charge in [-0.2, -0.15) is 0 Å². The summed E-state index contributed by atoms with van der Waals surface area (Å²) in [7, 11) is 3.07. The average molecular weight is 377 g/mol. The van der Waals surface area contributed by atoms with E-state index < -0.39 is 17.1 Å². The number of aliphatic imine (C=N–C) groups is 1. The van der Waals surface area contributed by atoms with Crippen LogP contribution < -0.4 is 20.7 Å². The van der Waals surface area contributed by atoms with E-state index in [0.29, 0.717) is 30.9 Å². The fraction of sp³-hybridized carbons (Fsp3) is 0.389. The summed E-state index contributed by atoms with van der Waals surface area (Å²) in [5.74, 6) is 0.702. The monoisotopic (exact) mass is 377 g/mol. The van der Waals surface area contributed by atoms with Gasteiger partial charge in [0.25, 0.3) is 5.56 Å². The van der Waals surface area contributed by atoms with Crippen LogP contribution in [0, 0.1) is 0 Å². The molecule has 1 aromatic heterocycles. The fourth-order valence-corrected chi connectivity index (χ4v) is 2.49. The molecule has 1 heterocycles. The van der Waals surface area contributed by atoms with Gasteiger partial charge in [-0.1, -0.05) is 6.07 Å². The number of ether oxygens (including phenoxy) is 2. The molecule has 0 radical (unpaired) electrons. The first-order valence-corrected chi connectivity index (χ1v) is 8.39. The summed E-state index contributed by atoms with van der Waals surface area (Å²) in [4.78, 5) is 30.1. The number of hydrogen-bond acceptors (Lipinski definition) is 7. The number of benzene rings is 1. The van der Waals surface area contributed by atoms with Gasteiger partial charge in [0, 0.05) is 25.9 Å². The molecule has 0 unspecified atom stereocenters. The number of H-pyrrole nitrogens is 1. The molecule has 0 aliphatic carbocycles. The van der Waals surface area contributed by atoms with Crippen LogP contribution in [0.15, 0.2) is 32.8 Å². The minimum Gasteiger partial charge on any atom is -0.494 e. The Balaban J connectivity index is 2.25. The minimum atomic E-state index is -0.715. The van der Waals surface area contributed by atoms with Gasteiger partial charge in [-0.15, -0.1) is 0 Å². The van der Waals surface area contributed by atoms with Crippen molar-refractivity contribution in [2.75, 3.05) is 27.4 Å². The molecule has 0 fully saturated rings. The number of aryl methyl sites for hydroxylation is 1. The zero-order valence-electron chi connectivity index (χ0n) is 15.3. The number of hydrogen-bond donors (Lipinski definition) is 3. The van der Waals surface area contributed by atoms with Crippen molar-refractivity contribution in [2.24, 2.45) is 4.99 Å². The van der Waals surface area contributed by atoms with Gasteiger partial charge in [-0.25, -0.2) is 4.79 Å². The zero-order valence-corrected chi connectivity index (χ0v) is 15.3. The highest BCUT2D eigenvalue weighted by Gasteiger charge is 2.13. The third kappa shape index (κ3) is 4.98. The Bertz CT molecular complexity index is 916. The Morgan fingerprint density at radius 3 is 2.63 bits per heavy atom. The lowest BCUT2D eigenvalue weighted by Crippen LogP contribution is -2.32. The molecule has 0 saturated heterocycles. The quantitative estimate of drug-likeness (QED) is 0.426. The van der Waals surface area contributed by atoms with Crippen LogP contribution in [0.5, 0.6) is 17.4 Å². The molecule has 0 spiro atoms. The summed E-state index contributed by atoms with van der Waals surface area (Å²) in [5, 5.41) is 19.1. The van der Waals surface area contributed by atoms with Crippen LogP contribution in [-0.2, 0) is 13.0 Å². The van der Waals surface area contributed by atoms with E-state index in [0.717, 1.165) is 10.1 Å². The van der Waals surface area contributed by atoms with E-state index in [1.54, 1.807) is 19.2 Å². The maximum atomic E-state index is 12.1. The van der Waals surface area contributed by atoms with Gasteiger partial charge in [-0.05, 0) is 30.5 Å². The second kappa shape index (κ2) is 9.58. The van der Waals surface area contributed by atoms with Crippen molar-refractivity contribution < 1.29 is 19.7 Å². The fourth-order valence-electron chi connectivity index (χ4n) is 2.49. The topological polar surface area (TPSA) is 126 Å². The molecule has 0 atom stereocenters. The predicted molar refractivity (Wildman–Crippen MR) is 100 cm³/mol. The number of methoxy groups -OCH3 is 2. The van der Waals surface area contributed by atoms with Crippen molar-refractivity contribution in [3.8, 4) is 17.4 Å². The van der Waals surface area contributed by atoms with E-state index in [1.165, 1.54) is 13.3 Å². The molecule has 2 aromatic rings. The Labute approximate surface area is 155 Å². The van der Waals surface area contributed by atoms with E-state index in [2.05, 4.69) is 9.98 Å². The standard InChI is InChI=1S/C18H23N3O6/c1-26-14-5-4-12(10-15(14)27-2)6-8-21-17(24)13(11-19-7-3-9-22)16(23)20-18(21)25/h4-5,10-11,22,24H,3,6-9H2,1-2H3,(H,20,23,25). The maximum Gasteiger partial charge on any atom is 0.331 e. The molecular weight excluding hydrogens is 354 g/mol. The molecule has 0 aliphatic rings. The van der Waals surface area contributed by atoms with Crippen molar-refractivity contribution in [1.29, 1.82) is 0 Å². The molecule has 27 heavy (non-hydrogen) atoms. The van der Waals surface area contributed by atoms with Crippen molar-refractivity contribution in [3.05, 3.63) is 50.2 Å². The number of aliphatic hydroxyl groups is 1. The summed E-state index contributed by atoms with van der Waals surface area (Å²) in [6, 6.07) is 5.36. The van der Waals surface area contributed by atoms with Crippen LogP contribution in [0.3, 0.4) is 0 Å². The first-order valence-electron chi connectivity index (χ1n) is 8.39. The van der Waals surface area contributed by atoms with Crippen LogP contribution in [0.4, 0.5) is 0 Å². The van der Waals surface area contributed by atoms with Gasteiger partial charge in [0.1, 0.15) is 5.56 Å². The minimum absolute atomic E-state index is 0.0233. The van der Waals surface area contributed by atoms with Gasteiger partial charge >= 0.3 is 5.69 Å². The van der Waals surface area contributed by atoms with Gasteiger partial charge in [-0.3, -0.25) is 19.3 Å². The van der Waals surface area contributed by atoms with Crippen molar-refractivity contribution >= 4 is 6.21 Å². The number of nitrogens with one attached hydrogen (secondary N) is 1. The van der Waals surface area contributed by atoms with E-state index in [4.69, 9.17) is 14.6 Å². The largest absolute Gasteiger partial charge is 0.494 e. The van der Waals surface area contributed by atoms with Crippen molar-refractivity contribution in [1.82, 2.24) is 9.55 Å². The van der Waals surface area contributed by atoms with Crippen LogP contribution in [0.1, 0.15) is 17.5 Å².